The Morgan fingerprint density at radius 3 is 2.67 bits per heavy atom. The second-order valence-corrected chi connectivity index (χ2v) is 4.51. The molecule has 0 aliphatic rings. The van der Waals surface area contributed by atoms with Crippen LogP contribution in [0.25, 0.3) is 0 Å². The predicted molar refractivity (Wildman–Crippen MR) is 71.6 cm³/mol. The molecule has 4 nitrogen and oxygen atoms in total. The number of amides is 2. The molecule has 0 aromatic heterocycles. The van der Waals surface area contributed by atoms with Crippen molar-refractivity contribution in [3.8, 4) is 0 Å². The summed E-state index contributed by atoms with van der Waals surface area (Å²) >= 11 is 5.38. The van der Waals surface area contributed by atoms with Crippen molar-refractivity contribution in [3.63, 3.8) is 0 Å². The van der Waals surface area contributed by atoms with Crippen molar-refractivity contribution < 1.29 is 9.59 Å². The first-order valence-corrected chi connectivity index (χ1v) is 6.29. The monoisotopic (exact) mass is 268 g/mol. The Hall–Kier alpha value is -1.55. The highest BCUT2D eigenvalue weighted by molar-refractivity contribution is 6.27. The van der Waals surface area contributed by atoms with E-state index in [0.717, 1.165) is 5.56 Å². The van der Waals surface area contributed by atoms with Crippen molar-refractivity contribution in [2.75, 3.05) is 5.88 Å². The summed E-state index contributed by atoms with van der Waals surface area (Å²) in [7, 11) is 0. The standard InChI is InChI=1S/C13H17ClN2O2/c1-9(2)16-13(18)11-5-3-4-10(6-11)8-15-12(17)7-14/h3-6,9H,7-8H2,1-2H3,(H,15,17)(H,16,18). The highest BCUT2D eigenvalue weighted by Gasteiger charge is 2.07. The topological polar surface area (TPSA) is 58.2 Å². The Bertz CT molecular complexity index is 433. The fraction of sp³-hybridized carbons (Fsp3) is 0.385. The van der Waals surface area contributed by atoms with Gasteiger partial charge in [0.2, 0.25) is 5.91 Å². The maximum Gasteiger partial charge on any atom is 0.251 e. The number of rotatable bonds is 5. The zero-order valence-electron chi connectivity index (χ0n) is 10.5. The molecule has 1 aromatic carbocycles. The molecule has 1 aromatic rings. The molecule has 0 heterocycles. The molecule has 2 amide bonds. The van der Waals surface area contributed by atoms with E-state index in [4.69, 9.17) is 11.6 Å². The fourth-order valence-electron chi connectivity index (χ4n) is 1.42. The average molecular weight is 269 g/mol. The molecule has 0 fully saturated rings. The molecule has 0 bridgehead atoms. The van der Waals surface area contributed by atoms with Crippen molar-refractivity contribution in [3.05, 3.63) is 35.4 Å². The van der Waals surface area contributed by atoms with Crippen LogP contribution in [0.1, 0.15) is 29.8 Å². The van der Waals surface area contributed by atoms with E-state index in [-0.39, 0.29) is 23.7 Å². The summed E-state index contributed by atoms with van der Waals surface area (Å²) in [5.74, 6) is -0.405. The van der Waals surface area contributed by atoms with Gasteiger partial charge in [0.05, 0.1) is 0 Å². The van der Waals surface area contributed by atoms with Gasteiger partial charge in [0.15, 0.2) is 0 Å². The van der Waals surface area contributed by atoms with E-state index >= 15 is 0 Å². The molecule has 98 valence electrons. The third kappa shape index (κ3) is 4.75. The third-order valence-electron chi connectivity index (χ3n) is 2.22. The van der Waals surface area contributed by atoms with Crippen LogP contribution < -0.4 is 10.6 Å². The molecular formula is C13H17ClN2O2. The highest BCUT2D eigenvalue weighted by atomic mass is 35.5. The van der Waals surface area contributed by atoms with E-state index in [1.165, 1.54) is 0 Å². The first kappa shape index (κ1) is 14.5. The molecule has 1 rings (SSSR count). The van der Waals surface area contributed by atoms with Gasteiger partial charge in [-0.1, -0.05) is 12.1 Å². The summed E-state index contributed by atoms with van der Waals surface area (Å²) in [6, 6.07) is 7.23. The molecule has 18 heavy (non-hydrogen) atoms. The molecule has 0 aliphatic carbocycles. The van der Waals surface area contributed by atoms with E-state index in [9.17, 15) is 9.59 Å². The average Bonchev–Trinajstić information content (AvgIpc) is 2.35. The van der Waals surface area contributed by atoms with Crippen molar-refractivity contribution in [2.45, 2.75) is 26.4 Å². The number of benzene rings is 1. The summed E-state index contributed by atoms with van der Waals surface area (Å²) in [5, 5.41) is 5.47. The van der Waals surface area contributed by atoms with Gasteiger partial charge in [-0.05, 0) is 31.5 Å². The lowest BCUT2D eigenvalue weighted by molar-refractivity contribution is -0.118. The van der Waals surface area contributed by atoms with Crippen molar-refractivity contribution in [2.24, 2.45) is 0 Å². The Balaban J connectivity index is 2.67. The molecule has 5 heteroatoms. The summed E-state index contributed by atoms with van der Waals surface area (Å²) in [6.45, 7) is 4.18. The molecule has 0 radical (unpaired) electrons. The van der Waals surface area contributed by atoms with Gasteiger partial charge in [-0.3, -0.25) is 9.59 Å². The van der Waals surface area contributed by atoms with Crippen LogP contribution in [0, 0.1) is 0 Å². The lowest BCUT2D eigenvalue weighted by atomic mass is 10.1. The van der Waals surface area contributed by atoms with Crippen LogP contribution in [-0.4, -0.2) is 23.7 Å². The summed E-state index contributed by atoms with van der Waals surface area (Å²) < 4.78 is 0. The van der Waals surface area contributed by atoms with Crippen LogP contribution in [0.5, 0.6) is 0 Å². The third-order valence-corrected chi connectivity index (χ3v) is 2.46. The minimum atomic E-state index is -0.228. The van der Waals surface area contributed by atoms with Gasteiger partial charge in [0.25, 0.3) is 5.91 Å². The Kier molecular flexibility index (Phi) is 5.65. The minimum absolute atomic E-state index is 0.0620. The minimum Gasteiger partial charge on any atom is -0.351 e. The van der Waals surface area contributed by atoms with Crippen LogP contribution in [0.2, 0.25) is 0 Å². The van der Waals surface area contributed by atoms with Gasteiger partial charge in [-0.25, -0.2) is 0 Å². The second kappa shape index (κ2) is 7.01. The zero-order chi connectivity index (χ0) is 13.5. The Morgan fingerprint density at radius 2 is 2.06 bits per heavy atom. The number of carbonyl (C=O) groups excluding carboxylic acids is 2. The normalized spacial score (nSPS) is 10.2. The van der Waals surface area contributed by atoms with Gasteiger partial charge in [-0.2, -0.15) is 0 Å². The number of hydrogen-bond donors (Lipinski definition) is 2. The highest BCUT2D eigenvalue weighted by Crippen LogP contribution is 2.05. The Labute approximate surface area is 112 Å². The first-order valence-electron chi connectivity index (χ1n) is 5.75. The van der Waals surface area contributed by atoms with Gasteiger partial charge >= 0.3 is 0 Å². The smallest absolute Gasteiger partial charge is 0.251 e. The van der Waals surface area contributed by atoms with Crippen LogP contribution in [0.3, 0.4) is 0 Å². The van der Waals surface area contributed by atoms with E-state index < -0.39 is 0 Å². The van der Waals surface area contributed by atoms with E-state index in [1.54, 1.807) is 18.2 Å². The van der Waals surface area contributed by atoms with E-state index in [0.29, 0.717) is 12.1 Å². The molecule has 0 saturated heterocycles. The summed E-state index contributed by atoms with van der Waals surface area (Å²) in [5.41, 5.74) is 1.45. The van der Waals surface area contributed by atoms with Crippen LogP contribution in [-0.2, 0) is 11.3 Å². The fourth-order valence-corrected chi connectivity index (χ4v) is 1.51. The van der Waals surface area contributed by atoms with Crippen LogP contribution in [0.4, 0.5) is 0 Å². The van der Waals surface area contributed by atoms with Gasteiger partial charge in [0.1, 0.15) is 5.88 Å². The van der Waals surface area contributed by atoms with Crippen molar-refractivity contribution in [1.82, 2.24) is 10.6 Å². The number of nitrogens with one attached hydrogen (secondary N) is 2. The predicted octanol–water partition coefficient (Wildman–Crippen LogP) is 1.68. The first-order chi connectivity index (χ1) is 8.52. The molecule has 0 saturated carbocycles. The number of alkyl halides is 1. The quantitative estimate of drug-likeness (QED) is 0.799. The zero-order valence-corrected chi connectivity index (χ0v) is 11.3. The van der Waals surface area contributed by atoms with Gasteiger partial charge < -0.3 is 10.6 Å². The maximum atomic E-state index is 11.8. The molecule has 0 aliphatic heterocycles. The Morgan fingerprint density at radius 1 is 1.33 bits per heavy atom. The lowest BCUT2D eigenvalue weighted by Gasteiger charge is -2.09. The van der Waals surface area contributed by atoms with Crippen LogP contribution in [0.15, 0.2) is 24.3 Å². The van der Waals surface area contributed by atoms with Crippen LogP contribution >= 0.6 is 11.6 Å². The molecule has 0 atom stereocenters. The van der Waals surface area contributed by atoms with Gasteiger partial charge in [-0.15, -0.1) is 11.6 Å². The van der Waals surface area contributed by atoms with E-state index in [2.05, 4.69) is 10.6 Å². The maximum absolute atomic E-state index is 11.8. The largest absolute Gasteiger partial charge is 0.351 e. The molecular weight excluding hydrogens is 252 g/mol. The van der Waals surface area contributed by atoms with Crippen molar-refractivity contribution in [1.29, 1.82) is 0 Å². The number of hydrogen-bond acceptors (Lipinski definition) is 2. The molecule has 0 spiro atoms. The van der Waals surface area contributed by atoms with Crippen molar-refractivity contribution >= 4 is 23.4 Å². The molecule has 2 N–H and O–H groups in total. The number of halogens is 1. The lowest BCUT2D eigenvalue weighted by Crippen LogP contribution is -2.30. The second-order valence-electron chi connectivity index (χ2n) is 4.24. The van der Waals surface area contributed by atoms with E-state index in [1.807, 2.05) is 19.9 Å². The summed E-state index contributed by atoms with van der Waals surface area (Å²) in [6.07, 6.45) is 0. The summed E-state index contributed by atoms with van der Waals surface area (Å²) in [4.78, 5) is 22.8. The SMILES string of the molecule is CC(C)NC(=O)c1cccc(CNC(=O)CCl)c1. The number of carbonyl (C=O) groups is 2. The molecule has 0 unspecified atom stereocenters. The van der Waals surface area contributed by atoms with Gasteiger partial charge in [0, 0.05) is 18.2 Å².